The molecule has 4 aromatic carbocycles. The van der Waals surface area contributed by atoms with E-state index in [1.165, 1.54) is 18.2 Å². The summed E-state index contributed by atoms with van der Waals surface area (Å²) in [5.41, 5.74) is 2.72. The third kappa shape index (κ3) is 7.09. The third-order valence-corrected chi connectivity index (χ3v) is 6.73. The number of ether oxygens (including phenoxy) is 2. The minimum atomic E-state index is -0.888. The Morgan fingerprint density at radius 3 is 2.37 bits per heavy atom. The van der Waals surface area contributed by atoms with Gasteiger partial charge in [-0.1, -0.05) is 60.1 Å². The maximum absolute atomic E-state index is 13.5. The average molecular weight is 596 g/mol. The molecule has 5 amide bonds. The van der Waals surface area contributed by atoms with Gasteiger partial charge in [0, 0.05) is 16.3 Å². The van der Waals surface area contributed by atoms with Crippen molar-refractivity contribution in [3.05, 3.63) is 124 Å². The van der Waals surface area contributed by atoms with E-state index in [2.05, 4.69) is 10.6 Å². The highest BCUT2D eigenvalue weighted by molar-refractivity contribution is 6.39. The minimum absolute atomic E-state index is 0.209. The Kier molecular flexibility index (Phi) is 8.83. The summed E-state index contributed by atoms with van der Waals surface area (Å²) in [5.74, 6) is -1.37. The van der Waals surface area contributed by atoms with Gasteiger partial charge in [0.2, 0.25) is 0 Å². The van der Waals surface area contributed by atoms with Crippen molar-refractivity contribution in [2.45, 2.75) is 13.5 Å². The quantitative estimate of drug-likeness (QED) is 0.184. The Morgan fingerprint density at radius 2 is 1.63 bits per heavy atom. The van der Waals surface area contributed by atoms with Gasteiger partial charge < -0.3 is 14.8 Å². The Morgan fingerprint density at radius 1 is 0.907 bits per heavy atom. The van der Waals surface area contributed by atoms with Gasteiger partial charge in [0.05, 0.1) is 5.69 Å². The van der Waals surface area contributed by atoms with E-state index in [-0.39, 0.29) is 29.2 Å². The molecule has 10 heteroatoms. The molecule has 2 N–H and O–H groups in total. The van der Waals surface area contributed by atoms with Crippen molar-refractivity contribution in [3.63, 3.8) is 0 Å². The molecule has 0 atom stereocenters. The summed E-state index contributed by atoms with van der Waals surface area (Å²) in [7, 11) is 0. The molecule has 0 unspecified atom stereocenters. The van der Waals surface area contributed by atoms with Crippen LogP contribution >= 0.6 is 11.6 Å². The van der Waals surface area contributed by atoms with Crippen LogP contribution in [0.15, 0.2) is 103 Å². The first-order valence-electron chi connectivity index (χ1n) is 13.2. The molecule has 4 aromatic rings. The first-order valence-corrected chi connectivity index (χ1v) is 13.6. The molecule has 0 radical (unpaired) electrons. The smallest absolute Gasteiger partial charge is 0.335 e. The van der Waals surface area contributed by atoms with Gasteiger partial charge in [0.1, 0.15) is 23.7 Å². The normalized spacial score (nSPS) is 14.0. The van der Waals surface area contributed by atoms with E-state index in [0.717, 1.165) is 16.0 Å². The second-order valence-electron chi connectivity index (χ2n) is 9.56. The summed E-state index contributed by atoms with van der Waals surface area (Å²) in [6.07, 6.45) is 1.27. The van der Waals surface area contributed by atoms with Crippen molar-refractivity contribution in [1.29, 1.82) is 0 Å². The molecule has 0 saturated carbocycles. The van der Waals surface area contributed by atoms with Crippen molar-refractivity contribution in [3.8, 4) is 11.5 Å². The number of hydrogen-bond acceptors (Lipinski definition) is 6. The van der Waals surface area contributed by atoms with Crippen LogP contribution < -0.4 is 25.0 Å². The van der Waals surface area contributed by atoms with Crippen LogP contribution in [0.25, 0.3) is 6.08 Å². The lowest BCUT2D eigenvalue weighted by Gasteiger charge is -2.26. The highest BCUT2D eigenvalue weighted by atomic mass is 35.5. The predicted octanol–water partition coefficient (Wildman–Crippen LogP) is 5.91. The number of aryl methyl sites for hydroxylation is 1. The van der Waals surface area contributed by atoms with Crippen molar-refractivity contribution in [2.24, 2.45) is 0 Å². The number of urea groups is 1. The number of barbiturate groups is 1. The van der Waals surface area contributed by atoms with E-state index in [9.17, 15) is 19.2 Å². The van der Waals surface area contributed by atoms with Crippen LogP contribution in [-0.2, 0) is 21.0 Å². The van der Waals surface area contributed by atoms with E-state index in [0.29, 0.717) is 23.1 Å². The van der Waals surface area contributed by atoms with Gasteiger partial charge in [0.15, 0.2) is 6.61 Å². The average Bonchev–Trinajstić information content (AvgIpc) is 3.00. The molecular weight excluding hydrogens is 570 g/mol. The number of anilines is 2. The van der Waals surface area contributed by atoms with Crippen LogP contribution in [0.2, 0.25) is 5.02 Å². The fourth-order valence-electron chi connectivity index (χ4n) is 4.29. The van der Waals surface area contributed by atoms with Crippen LogP contribution in [0.3, 0.4) is 0 Å². The number of carbonyl (C=O) groups excluding carboxylic acids is 4. The number of imide groups is 2. The first kappa shape index (κ1) is 29.1. The number of hydrogen-bond donors (Lipinski definition) is 2. The van der Waals surface area contributed by atoms with Crippen molar-refractivity contribution >= 4 is 52.8 Å². The summed E-state index contributed by atoms with van der Waals surface area (Å²) < 4.78 is 11.5. The van der Waals surface area contributed by atoms with Gasteiger partial charge in [-0.2, -0.15) is 0 Å². The van der Waals surface area contributed by atoms with Crippen LogP contribution in [0.1, 0.15) is 16.7 Å². The number of benzene rings is 4. The minimum Gasteiger partial charge on any atom is -0.489 e. The molecule has 216 valence electrons. The van der Waals surface area contributed by atoms with Gasteiger partial charge in [-0.15, -0.1) is 0 Å². The van der Waals surface area contributed by atoms with Crippen molar-refractivity contribution in [2.75, 3.05) is 16.8 Å². The van der Waals surface area contributed by atoms with Crippen LogP contribution in [0, 0.1) is 6.92 Å². The molecule has 9 nitrogen and oxygen atoms in total. The van der Waals surface area contributed by atoms with Gasteiger partial charge in [-0.25, -0.2) is 9.69 Å². The number of halogens is 1. The molecule has 1 aliphatic rings. The van der Waals surface area contributed by atoms with E-state index < -0.39 is 23.8 Å². The van der Waals surface area contributed by atoms with E-state index >= 15 is 0 Å². The fraction of sp³-hybridized carbons (Fsp3) is 0.0909. The lowest BCUT2D eigenvalue weighted by molar-refractivity contribution is -0.122. The lowest BCUT2D eigenvalue weighted by atomic mass is 10.1. The topological polar surface area (TPSA) is 114 Å². The second-order valence-corrected chi connectivity index (χ2v) is 10.00. The maximum atomic E-state index is 13.5. The predicted molar refractivity (Wildman–Crippen MR) is 163 cm³/mol. The molecule has 1 fully saturated rings. The molecule has 1 aliphatic heterocycles. The zero-order valence-electron chi connectivity index (χ0n) is 23.0. The zero-order chi connectivity index (χ0) is 30.3. The molecule has 0 aliphatic carbocycles. The number of amides is 5. The molecule has 0 aromatic heterocycles. The molecule has 5 rings (SSSR count). The summed E-state index contributed by atoms with van der Waals surface area (Å²) in [6.45, 7) is 1.88. The first-order chi connectivity index (χ1) is 20.8. The summed E-state index contributed by atoms with van der Waals surface area (Å²) in [4.78, 5) is 52.3. The highest BCUT2D eigenvalue weighted by Crippen LogP contribution is 2.29. The molecule has 0 spiro atoms. The van der Waals surface area contributed by atoms with Gasteiger partial charge in [-0.05, 0) is 72.7 Å². The molecular formula is C33H26ClN3O6. The van der Waals surface area contributed by atoms with Crippen molar-refractivity contribution < 1.29 is 28.7 Å². The van der Waals surface area contributed by atoms with Crippen LogP contribution in [0.5, 0.6) is 11.5 Å². The SMILES string of the molecule is Cc1ccccc1NC(=O)COc1ccc(Cl)cc1/C=C1/C(=O)NC(=O)N(c2ccc(OCc3ccccc3)cc2)C1=O. The van der Waals surface area contributed by atoms with Gasteiger partial charge in [-0.3, -0.25) is 19.7 Å². The van der Waals surface area contributed by atoms with Gasteiger partial charge in [0.25, 0.3) is 17.7 Å². The Balaban J connectivity index is 1.32. The third-order valence-electron chi connectivity index (χ3n) is 6.49. The lowest BCUT2D eigenvalue weighted by Crippen LogP contribution is -2.54. The summed E-state index contributed by atoms with van der Waals surface area (Å²) in [5, 5.41) is 5.29. The Labute approximate surface area is 252 Å². The second kappa shape index (κ2) is 13.1. The van der Waals surface area contributed by atoms with E-state index in [1.54, 1.807) is 42.5 Å². The van der Waals surface area contributed by atoms with E-state index in [4.69, 9.17) is 21.1 Å². The van der Waals surface area contributed by atoms with Crippen molar-refractivity contribution in [1.82, 2.24) is 5.32 Å². The maximum Gasteiger partial charge on any atom is 0.335 e. The molecule has 0 bridgehead atoms. The number of nitrogens with one attached hydrogen (secondary N) is 2. The fourth-order valence-corrected chi connectivity index (χ4v) is 4.47. The summed E-state index contributed by atoms with van der Waals surface area (Å²) in [6, 6.07) is 27.0. The van der Waals surface area contributed by atoms with Crippen LogP contribution in [0.4, 0.5) is 16.2 Å². The van der Waals surface area contributed by atoms with Gasteiger partial charge >= 0.3 is 6.03 Å². The standard InChI is InChI=1S/C33H26ClN3O6/c1-21-7-5-6-10-28(21)35-30(38)20-43-29-16-11-24(34)17-23(29)18-27-31(39)36-33(41)37(32(27)40)25-12-14-26(15-13-25)42-19-22-8-3-2-4-9-22/h2-18H,19-20H2,1H3,(H,35,38)(H,36,39,41)/b27-18-. The highest BCUT2D eigenvalue weighted by Gasteiger charge is 2.37. The number of para-hydroxylation sites is 1. The monoisotopic (exact) mass is 595 g/mol. The molecule has 1 heterocycles. The Hall–Kier alpha value is -5.41. The number of rotatable bonds is 9. The van der Waals surface area contributed by atoms with Crippen LogP contribution in [-0.4, -0.2) is 30.4 Å². The van der Waals surface area contributed by atoms with E-state index in [1.807, 2.05) is 49.4 Å². The largest absolute Gasteiger partial charge is 0.489 e. The number of carbonyl (C=O) groups is 4. The number of nitrogens with zero attached hydrogens (tertiary/aromatic N) is 1. The zero-order valence-corrected chi connectivity index (χ0v) is 23.8. The Bertz CT molecular complexity index is 1720. The molecule has 1 saturated heterocycles. The molecule has 43 heavy (non-hydrogen) atoms. The summed E-state index contributed by atoms with van der Waals surface area (Å²) >= 11 is 6.20.